The predicted molar refractivity (Wildman–Crippen MR) is 373 cm³/mol. The summed E-state index contributed by atoms with van der Waals surface area (Å²) in [4.78, 5) is 182. The SMILES string of the molecule is NCCCC[C@H](NC(=O)[C@@H]1CCCN1C(=O)[C@H](CCCN=C(N)N)NC(=O)C1CNC(=O)C[C@@H](NC(=O)[C@H](Cc2ccccc2)NC(=O)CNC(=O)CNC(=O)[C@@H](Cc2ccc(O)cc2)NCc2ccccc2)C(=O)N[C@@H](CCCN=C(N)N)C(=O)N[C@@H](CCCN=C(N)N)C(=O)N1)C(N)=O. The number of hydrogen-bond acceptors (Lipinski definition) is 18. The highest BCUT2D eigenvalue weighted by atomic mass is 16.3. The van der Waals surface area contributed by atoms with Crippen LogP contribution in [-0.2, 0) is 76.9 Å². The largest absolute Gasteiger partial charge is 0.508 e. The van der Waals surface area contributed by atoms with Gasteiger partial charge in [0.15, 0.2) is 17.9 Å². The van der Waals surface area contributed by atoms with Gasteiger partial charge in [-0.05, 0) is 112 Å². The van der Waals surface area contributed by atoms with Crippen molar-refractivity contribution in [2.75, 3.05) is 52.4 Å². The molecule has 1 unspecified atom stereocenters. The second-order valence-corrected chi connectivity index (χ2v) is 24.2. The first kappa shape index (κ1) is 80.5. The van der Waals surface area contributed by atoms with Crippen molar-refractivity contribution in [3.05, 3.63) is 102 Å². The maximum absolute atomic E-state index is 14.8. The van der Waals surface area contributed by atoms with Crippen LogP contribution < -0.4 is 104 Å². The second-order valence-electron chi connectivity index (χ2n) is 24.2. The summed E-state index contributed by atoms with van der Waals surface area (Å²) in [6.07, 6.45) is 0.402. The lowest BCUT2D eigenvalue weighted by molar-refractivity contribution is -0.142. The molecule has 12 amide bonds. The molecule has 101 heavy (non-hydrogen) atoms. The van der Waals surface area contributed by atoms with E-state index in [1.54, 1.807) is 42.5 Å². The highest BCUT2D eigenvalue weighted by Crippen LogP contribution is 2.21. The van der Waals surface area contributed by atoms with Gasteiger partial charge in [0.05, 0.1) is 25.6 Å². The van der Waals surface area contributed by atoms with Gasteiger partial charge in [0.1, 0.15) is 54.1 Å². The van der Waals surface area contributed by atoms with E-state index >= 15 is 0 Å². The number of guanidine groups is 3. The number of aromatic hydroxyl groups is 1. The molecular weight excluding hydrogens is 1310 g/mol. The minimum Gasteiger partial charge on any atom is -0.508 e. The van der Waals surface area contributed by atoms with Crippen molar-refractivity contribution in [1.29, 1.82) is 0 Å². The molecule has 2 saturated heterocycles. The van der Waals surface area contributed by atoms with Gasteiger partial charge in [-0.1, -0.05) is 72.8 Å². The first-order chi connectivity index (χ1) is 48.3. The van der Waals surface area contributed by atoms with Gasteiger partial charge in [-0.2, -0.15) is 0 Å². The van der Waals surface area contributed by atoms with E-state index in [0.29, 0.717) is 43.5 Å². The van der Waals surface area contributed by atoms with Crippen LogP contribution in [-0.4, -0.2) is 206 Å². The van der Waals surface area contributed by atoms with Crippen LogP contribution >= 0.6 is 0 Å². The lowest BCUT2D eigenvalue weighted by Crippen LogP contribution is -2.63. The number of likely N-dealkylation sites (tertiary alicyclic amines) is 1. The van der Waals surface area contributed by atoms with Gasteiger partial charge in [-0.3, -0.25) is 72.5 Å². The maximum Gasteiger partial charge on any atom is 0.245 e. The van der Waals surface area contributed by atoms with Crippen LogP contribution in [0.4, 0.5) is 0 Å². The standard InChI is InChI=1S/C65H97N23O13/c66-26-8-7-17-42(54(67)93)82-61(100)50-21-12-30-88(50)62(101)45(20-11-29-76-65(72)73)85-60(99)49-35-78-51(90)33-48(59(98)84-43(18-9-27-74-63(68)69)56(95)83-44(57(96)87-49)19-10-28-75-64(70)71)86-58(97)47(32-38-13-3-1-4-14-38)81-53(92)37-79-52(91)36-80-55(94)46(31-39-22-24-41(89)25-23-39)77-34-40-15-5-2-6-16-40/h1-6,13-16,22-25,42-50,77,89H,7-12,17-21,26-37,66H2,(H2,67,93)(H,78,90)(H,79,91)(H,80,94)(H,81,92)(H,82,100)(H,83,95)(H,84,98)(H,85,99)(H,86,97)(H,87,96)(H4,68,69,74)(H4,70,71,75)(H4,72,73,76)/t42-,43-,44-,45-,46+,47-,48+,49?,50-/m0/s1. The van der Waals surface area contributed by atoms with Crippen LogP contribution in [0.2, 0.25) is 0 Å². The van der Waals surface area contributed by atoms with Crippen molar-refractivity contribution in [2.24, 2.45) is 60.8 Å². The Bertz CT molecular complexity index is 3370. The Labute approximate surface area is 584 Å². The van der Waals surface area contributed by atoms with Crippen LogP contribution in [0.15, 0.2) is 99.9 Å². The number of carbonyl (C=O) groups excluding carboxylic acids is 12. The van der Waals surface area contributed by atoms with Crippen molar-refractivity contribution in [2.45, 2.75) is 151 Å². The van der Waals surface area contributed by atoms with Gasteiger partial charge >= 0.3 is 0 Å². The highest BCUT2D eigenvalue weighted by molar-refractivity contribution is 6.00. The molecule has 3 aromatic rings. The number of amides is 12. The fraction of sp³-hybridized carbons (Fsp3) is 0.492. The average Bonchev–Trinajstić information content (AvgIpc) is 1.78. The number of primary amides is 1. The fourth-order valence-corrected chi connectivity index (χ4v) is 10.9. The van der Waals surface area contributed by atoms with Crippen LogP contribution in [0.25, 0.3) is 0 Å². The molecule has 550 valence electrons. The van der Waals surface area contributed by atoms with Crippen molar-refractivity contribution < 1.29 is 62.6 Å². The van der Waals surface area contributed by atoms with E-state index in [1.807, 2.05) is 30.3 Å². The highest BCUT2D eigenvalue weighted by Gasteiger charge is 2.41. The Morgan fingerprint density at radius 1 is 0.564 bits per heavy atom. The quantitative estimate of drug-likeness (QED) is 0.0145. The van der Waals surface area contributed by atoms with E-state index in [4.69, 9.17) is 45.9 Å². The van der Waals surface area contributed by atoms with E-state index in [0.717, 1.165) is 5.56 Å². The van der Waals surface area contributed by atoms with Crippen LogP contribution in [0.3, 0.4) is 0 Å². The molecule has 2 heterocycles. The molecule has 0 saturated carbocycles. The van der Waals surface area contributed by atoms with Crippen molar-refractivity contribution in [3.63, 3.8) is 0 Å². The molecule has 36 heteroatoms. The fourth-order valence-electron chi connectivity index (χ4n) is 10.9. The molecule has 2 fully saturated rings. The zero-order chi connectivity index (χ0) is 73.8. The normalized spacial score (nSPS) is 18.3. The first-order valence-electron chi connectivity index (χ1n) is 33.3. The molecular formula is C65H97N23O13. The number of phenols is 1. The molecule has 2 aliphatic heterocycles. The van der Waals surface area contributed by atoms with Crippen LogP contribution in [0.5, 0.6) is 5.75 Å². The molecule has 0 radical (unpaired) electrons. The van der Waals surface area contributed by atoms with Gasteiger partial charge < -0.3 is 114 Å². The third-order valence-electron chi connectivity index (χ3n) is 16.2. The lowest BCUT2D eigenvalue weighted by atomic mass is 10.0. The smallest absolute Gasteiger partial charge is 0.245 e. The van der Waals surface area contributed by atoms with E-state index in [1.165, 1.54) is 17.0 Å². The predicted octanol–water partition coefficient (Wildman–Crippen LogP) is -6.75. The summed E-state index contributed by atoms with van der Waals surface area (Å²) < 4.78 is 0. The number of nitrogens with two attached hydrogens (primary N) is 8. The third kappa shape index (κ3) is 29.4. The molecule has 0 spiro atoms. The van der Waals surface area contributed by atoms with E-state index in [2.05, 4.69) is 73.5 Å². The summed E-state index contributed by atoms with van der Waals surface area (Å²) in [5.41, 5.74) is 46.8. The number of benzene rings is 3. The summed E-state index contributed by atoms with van der Waals surface area (Å²) in [5.74, 6) is -11.4. The number of nitrogens with one attached hydrogen (secondary N) is 11. The van der Waals surface area contributed by atoms with Crippen LogP contribution in [0, 0.1) is 0 Å². The number of rotatable bonds is 37. The average molecular weight is 1410 g/mol. The number of aliphatic imine (C=N–C) groups is 3. The Morgan fingerprint density at radius 2 is 1.11 bits per heavy atom. The lowest BCUT2D eigenvalue weighted by Gasteiger charge is -2.31. The summed E-state index contributed by atoms with van der Waals surface area (Å²) in [7, 11) is 0. The van der Waals surface area contributed by atoms with Crippen LogP contribution in [0.1, 0.15) is 93.7 Å². The van der Waals surface area contributed by atoms with E-state index < -0.39 is 151 Å². The van der Waals surface area contributed by atoms with E-state index in [-0.39, 0.29) is 114 Å². The van der Waals surface area contributed by atoms with E-state index in [9.17, 15) is 62.6 Å². The minimum atomic E-state index is -1.86. The molecule has 3 aromatic carbocycles. The number of carbonyl (C=O) groups is 12. The monoisotopic (exact) mass is 1410 g/mol. The van der Waals surface area contributed by atoms with Gasteiger partial charge in [0, 0.05) is 45.7 Å². The maximum atomic E-state index is 14.8. The Hall–Kier alpha value is -11.2. The molecule has 5 rings (SSSR count). The van der Waals surface area contributed by atoms with Crippen molar-refractivity contribution in [3.8, 4) is 5.75 Å². The van der Waals surface area contributed by atoms with Gasteiger partial charge in [-0.15, -0.1) is 0 Å². The number of phenolic OH excluding ortho intramolecular Hbond substituents is 1. The number of nitrogens with zero attached hydrogens (tertiary/aromatic N) is 4. The molecule has 0 aliphatic carbocycles. The zero-order valence-corrected chi connectivity index (χ0v) is 56.3. The minimum absolute atomic E-state index is 0.0200. The molecule has 0 bridgehead atoms. The van der Waals surface area contributed by atoms with Gasteiger partial charge in [0.2, 0.25) is 70.9 Å². The number of unbranched alkanes of at least 4 members (excludes halogenated alkanes) is 1. The molecule has 2 aliphatic rings. The topological polar surface area (TPSA) is 606 Å². The summed E-state index contributed by atoms with van der Waals surface area (Å²) >= 11 is 0. The second kappa shape index (κ2) is 42.6. The van der Waals surface area contributed by atoms with Crippen molar-refractivity contribution in [1.82, 2.24) is 63.4 Å². The third-order valence-corrected chi connectivity index (χ3v) is 16.2. The van der Waals surface area contributed by atoms with Gasteiger partial charge in [-0.25, -0.2) is 0 Å². The van der Waals surface area contributed by atoms with Crippen molar-refractivity contribution >= 4 is 88.8 Å². The molecule has 0 aromatic heterocycles. The summed E-state index contributed by atoms with van der Waals surface area (Å²) in [6.45, 7) is -1.46. The summed E-state index contributed by atoms with van der Waals surface area (Å²) in [6, 6.07) is 11.2. The first-order valence-corrected chi connectivity index (χ1v) is 33.3. The Balaban J connectivity index is 1.42. The molecule has 36 nitrogen and oxygen atoms in total. The Morgan fingerprint density at radius 3 is 1.71 bits per heavy atom. The zero-order valence-electron chi connectivity index (χ0n) is 56.3. The number of hydrogen-bond donors (Lipinski definition) is 20. The molecule has 28 N–H and O–H groups in total. The molecule has 9 atom stereocenters. The summed E-state index contributed by atoms with van der Waals surface area (Å²) in [5, 5.41) is 38.7. The Kier molecular flexibility index (Phi) is 34.0. The van der Waals surface area contributed by atoms with Gasteiger partial charge in [0.25, 0.3) is 0 Å².